The first-order valence-electron chi connectivity index (χ1n) is 4.88. The Labute approximate surface area is 97.8 Å². The molecule has 6 nitrogen and oxygen atoms in total. The molecule has 1 unspecified atom stereocenters. The number of aromatic hydroxyl groups is 1. The predicted molar refractivity (Wildman–Crippen MR) is 58.9 cm³/mol. The lowest BCUT2D eigenvalue weighted by Gasteiger charge is -2.11. The summed E-state index contributed by atoms with van der Waals surface area (Å²) < 4.78 is 4.65. The number of hydrogen-bond acceptors (Lipinski definition) is 4. The standard InChI is InChI=1S/C11H13NO5/c1-17-9(11(15)16)6-12-10(14)7-4-2-3-5-8(7)13/h2-5,9,13H,6H2,1H3,(H,12,14)(H,15,16). The molecule has 0 fully saturated rings. The first kappa shape index (κ1) is 13.0. The van der Waals surface area contributed by atoms with Crippen molar-refractivity contribution in [1.82, 2.24) is 5.32 Å². The van der Waals surface area contributed by atoms with Gasteiger partial charge in [-0.15, -0.1) is 0 Å². The van der Waals surface area contributed by atoms with E-state index in [4.69, 9.17) is 5.11 Å². The maximum Gasteiger partial charge on any atom is 0.334 e. The van der Waals surface area contributed by atoms with Crippen LogP contribution in [0.3, 0.4) is 0 Å². The molecular weight excluding hydrogens is 226 g/mol. The van der Waals surface area contributed by atoms with E-state index in [1.807, 2.05) is 0 Å². The molecule has 0 aliphatic carbocycles. The molecule has 1 aromatic rings. The van der Waals surface area contributed by atoms with Gasteiger partial charge in [0.2, 0.25) is 0 Å². The zero-order valence-corrected chi connectivity index (χ0v) is 9.21. The van der Waals surface area contributed by atoms with Crippen LogP contribution in [0.4, 0.5) is 0 Å². The number of benzene rings is 1. The lowest BCUT2D eigenvalue weighted by atomic mass is 10.2. The Balaban J connectivity index is 2.62. The largest absolute Gasteiger partial charge is 0.507 e. The van der Waals surface area contributed by atoms with Gasteiger partial charge in [0.25, 0.3) is 5.91 Å². The first-order valence-corrected chi connectivity index (χ1v) is 4.88. The topological polar surface area (TPSA) is 95.9 Å². The number of hydrogen-bond donors (Lipinski definition) is 3. The van der Waals surface area contributed by atoms with E-state index in [0.717, 1.165) is 0 Å². The van der Waals surface area contributed by atoms with Crippen molar-refractivity contribution in [2.45, 2.75) is 6.10 Å². The van der Waals surface area contributed by atoms with Crippen LogP contribution in [0.1, 0.15) is 10.4 Å². The lowest BCUT2D eigenvalue weighted by Crippen LogP contribution is -2.37. The quantitative estimate of drug-likeness (QED) is 0.683. The normalized spacial score (nSPS) is 11.8. The minimum Gasteiger partial charge on any atom is -0.507 e. The Morgan fingerprint density at radius 1 is 1.41 bits per heavy atom. The number of phenolic OH excluding ortho intramolecular Hbond substituents is 1. The third kappa shape index (κ3) is 3.46. The van der Waals surface area contributed by atoms with Gasteiger partial charge in [-0.3, -0.25) is 4.79 Å². The second-order valence-corrected chi connectivity index (χ2v) is 3.29. The van der Waals surface area contributed by atoms with Crippen LogP contribution in [0.15, 0.2) is 24.3 Å². The molecule has 0 spiro atoms. The molecule has 1 aromatic carbocycles. The fraction of sp³-hybridized carbons (Fsp3) is 0.273. The molecule has 3 N–H and O–H groups in total. The zero-order valence-electron chi connectivity index (χ0n) is 9.21. The van der Waals surface area contributed by atoms with E-state index in [2.05, 4.69) is 10.1 Å². The van der Waals surface area contributed by atoms with Crippen molar-refractivity contribution in [2.24, 2.45) is 0 Å². The highest BCUT2D eigenvalue weighted by Gasteiger charge is 2.18. The van der Waals surface area contributed by atoms with Crippen molar-refractivity contribution in [2.75, 3.05) is 13.7 Å². The van der Waals surface area contributed by atoms with Gasteiger partial charge in [-0.05, 0) is 12.1 Å². The van der Waals surface area contributed by atoms with Crippen molar-refractivity contribution in [3.05, 3.63) is 29.8 Å². The van der Waals surface area contributed by atoms with E-state index < -0.39 is 18.0 Å². The van der Waals surface area contributed by atoms with Crippen LogP contribution in [0.5, 0.6) is 5.75 Å². The fourth-order valence-electron chi connectivity index (χ4n) is 1.22. The third-order valence-corrected chi connectivity index (χ3v) is 2.16. The highest BCUT2D eigenvalue weighted by molar-refractivity contribution is 5.97. The second-order valence-electron chi connectivity index (χ2n) is 3.29. The molecule has 1 rings (SSSR count). The van der Waals surface area contributed by atoms with Gasteiger partial charge >= 0.3 is 5.97 Å². The lowest BCUT2D eigenvalue weighted by molar-refractivity contribution is -0.147. The van der Waals surface area contributed by atoms with Gasteiger partial charge in [-0.1, -0.05) is 12.1 Å². The number of nitrogens with one attached hydrogen (secondary N) is 1. The van der Waals surface area contributed by atoms with Crippen LogP contribution >= 0.6 is 0 Å². The van der Waals surface area contributed by atoms with E-state index in [0.29, 0.717) is 0 Å². The van der Waals surface area contributed by atoms with Gasteiger partial charge in [0.15, 0.2) is 6.10 Å². The molecule has 0 heterocycles. The fourth-order valence-corrected chi connectivity index (χ4v) is 1.22. The summed E-state index contributed by atoms with van der Waals surface area (Å²) in [5.41, 5.74) is 0.0905. The van der Waals surface area contributed by atoms with Crippen LogP contribution in [0.2, 0.25) is 0 Å². The number of carboxylic acids is 1. The average molecular weight is 239 g/mol. The molecule has 0 bridgehead atoms. The highest BCUT2D eigenvalue weighted by atomic mass is 16.5. The SMILES string of the molecule is COC(CNC(=O)c1ccccc1O)C(=O)O. The average Bonchev–Trinajstić information content (AvgIpc) is 2.29. The van der Waals surface area contributed by atoms with E-state index in [-0.39, 0.29) is 17.9 Å². The Bertz CT molecular complexity index is 418. The molecule has 92 valence electrons. The molecule has 0 saturated carbocycles. The summed E-state index contributed by atoms with van der Waals surface area (Å²) in [5, 5.41) is 20.5. The summed E-state index contributed by atoms with van der Waals surface area (Å²) in [4.78, 5) is 22.2. The predicted octanol–water partition coefficient (Wildman–Crippen LogP) is 0.222. The van der Waals surface area contributed by atoms with Crippen molar-refractivity contribution in [1.29, 1.82) is 0 Å². The molecule has 6 heteroatoms. The monoisotopic (exact) mass is 239 g/mol. The van der Waals surface area contributed by atoms with Gasteiger partial charge in [0.1, 0.15) is 5.75 Å². The number of carbonyl (C=O) groups is 2. The van der Waals surface area contributed by atoms with Crippen LogP contribution < -0.4 is 5.32 Å². The van der Waals surface area contributed by atoms with Gasteiger partial charge in [-0.25, -0.2) is 4.79 Å². The number of ether oxygens (including phenoxy) is 1. The summed E-state index contributed by atoms with van der Waals surface area (Å²) in [7, 11) is 1.24. The Morgan fingerprint density at radius 3 is 2.59 bits per heavy atom. The Morgan fingerprint density at radius 2 is 2.06 bits per heavy atom. The molecule has 0 aliphatic heterocycles. The van der Waals surface area contributed by atoms with Crippen LogP contribution in [-0.2, 0) is 9.53 Å². The van der Waals surface area contributed by atoms with E-state index in [1.165, 1.54) is 19.2 Å². The molecule has 1 atom stereocenters. The van der Waals surface area contributed by atoms with Crippen molar-refractivity contribution < 1.29 is 24.5 Å². The van der Waals surface area contributed by atoms with Gasteiger partial charge in [0.05, 0.1) is 12.1 Å². The molecular formula is C11H13NO5. The highest BCUT2D eigenvalue weighted by Crippen LogP contribution is 2.14. The maximum atomic E-state index is 11.6. The third-order valence-electron chi connectivity index (χ3n) is 2.16. The minimum absolute atomic E-state index is 0.0905. The van der Waals surface area contributed by atoms with Crippen molar-refractivity contribution in [3.8, 4) is 5.75 Å². The molecule has 0 radical (unpaired) electrons. The Hall–Kier alpha value is -2.08. The molecule has 0 saturated heterocycles. The van der Waals surface area contributed by atoms with E-state index >= 15 is 0 Å². The number of rotatable bonds is 5. The summed E-state index contributed by atoms with van der Waals surface area (Å²) in [5.74, 6) is -1.87. The second kappa shape index (κ2) is 5.86. The van der Waals surface area contributed by atoms with Gasteiger partial charge < -0.3 is 20.3 Å². The summed E-state index contributed by atoms with van der Waals surface area (Å²) in [6.07, 6.45) is -1.11. The Kier molecular flexibility index (Phi) is 4.47. The number of carboxylic acid groups (broad SMARTS) is 1. The van der Waals surface area contributed by atoms with E-state index in [9.17, 15) is 14.7 Å². The van der Waals surface area contributed by atoms with Gasteiger partial charge in [-0.2, -0.15) is 0 Å². The number of para-hydroxylation sites is 1. The van der Waals surface area contributed by atoms with Crippen LogP contribution in [0.25, 0.3) is 0 Å². The minimum atomic E-state index is -1.16. The number of carbonyl (C=O) groups excluding carboxylic acids is 1. The summed E-state index contributed by atoms with van der Waals surface area (Å²) in [6.45, 7) is -0.168. The number of amides is 1. The summed E-state index contributed by atoms with van der Waals surface area (Å²) in [6, 6.07) is 5.99. The maximum absolute atomic E-state index is 11.6. The first-order chi connectivity index (χ1) is 8.06. The smallest absolute Gasteiger partial charge is 0.334 e. The number of phenols is 1. The molecule has 1 amide bonds. The zero-order chi connectivity index (χ0) is 12.8. The van der Waals surface area contributed by atoms with Crippen molar-refractivity contribution >= 4 is 11.9 Å². The van der Waals surface area contributed by atoms with Crippen LogP contribution in [0, 0.1) is 0 Å². The number of methoxy groups -OCH3 is 1. The van der Waals surface area contributed by atoms with E-state index in [1.54, 1.807) is 12.1 Å². The van der Waals surface area contributed by atoms with Crippen molar-refractivity contribution in [3.63, 3.8) is 0 Å². The molecule has 0 aromatic heterocycles. The summed E-state index contributed by atoms with van der Waals surface area (Å²) >= 11 is 0. The molecule has 0 aliphatic rings. The van der Waals surface area contributed by atoms with Crippen LogP contribution in [-0.4, -0.2) is 41.8 Å². The van der Waals surface area contributed by atoms with Gasteiger partial charge in [0, 0.05) is 7.11 Å². The molecule has 17 heavy (non-hydrogen) atoms. The number of aliphatic carboxylic acids is 1.